The third kappa shape index (κ3) is 7.99. The molecule has 0 bridgehead atoms. The van der Waals surface area contributed by atoms with Crippen molar-refractivity contribution in [2.75, 3.05) is 46.9 Å². The summed E-state index contributed by atoms with van der Waals surface area (Å²) in [7, 11) is 3.48. The molecule has 6 nitrogen and oxygen atoms in total. The molecule has 1 aliphatic rings. The average molecular weight is 284 g/mol. The predicted octanol–water partition coefficient (Wildman–Crippen LogP) is 0.446. The van der Waals surface area contributed by atoms with E-state index in [-0.39, 0.29) is 12.5 Å². The number of hydrogen-bond acceptors (Lipinski definition) is 3. The molecule has 0 unspecified atom stereocenters. The molecule has 0 radical (unpaired) electrons. The lowest BCUT2D eigenvalue weighted by Gasteiger charge is -2.13. The highest BCUT2D eigenvalue weighted by molar-refractivity contribution is 5.84. The van der Waals surface area contributed by atoms with E-state index < -0.39 is 0 Å². The first-order valence-corrected chi connectivity index (χ1v) is 7.43. The van der Waals surface area contributed by atoms with Crippen LogP contribution in [0.25, 0.3) is 0 Å². The van der Waals surface area contributed by atoms with Crippen molar-refractivity contribution < 1.29 is 9.53 Å². The lowest BCUT2D eigenvalue weighted by molar-refractivity contribution is -0.127. The SMILES string of the molecule is CCOCCCNC(=NCC(=O)N(C)C)NCC1CC1. The van der Waals surface area contributed by atoms with Gasteiger partial charge < -0.3 is 20.3 Å². The molecule has 6 heteroatoms. The normalized spacial score (nSPS) is 15.1. The van der Waals surface area contributed by atoms with Crippen molar-refractivity contribution in [3.63, 3.8) is 0 Å². The van der Waals surface area contributed by atoms with Crippen molar-refractivity contribution in [3.8, 4) is 0 Å². The number of likely N-dealkylation sites (N-methyl/N-ethyl adjacent to an activating group) is 1. The van der Waals surface area contributed by atoms with Crippen LogP contribution in [0.3, 0.4) is 0 Å². The molecule has 20 heavy (non-hydrogen) atoms. The number of rotatable bonds is 9. The number of hydrogen-bond donors (Lipinski definition) is 2. The van der Waals surface area contributed by atoms with Crippen LogP contribution >= 0.6 is 0 Å². The molecular weight excluding hydrogens is 256 g/mol. The fraction of sp³-hybridized carbons (Fsp3) is 0.857. The number of carbonyl (C=O) groups is 1. The molecular formula is C14H28N4O2. The van der Waals surface area contributed by atoms with Crippen LogP contribution in [0.15, 0.2) is 4.99 Å². The topological polar surface area (TPSA) is 66.0 Å². The quantitative estimate of drug-likeness (QED) is 0.366. The number of ether oxygens (including phenoxy) is 1. The standard InChI is InChI=1S/C14H28N4O2/c1-4-20-9-5-8-15-14(16-10-12-6-7-12)17-11-13(19)18(2)3/h12H,4-11H2,1-3H3,(H2,15,16,17). The summed E-state index contributed by atoms with van der Waals surface area (Å²) in [6.07, 6.45) is 3.52. The summed E-state index contributed by atoms with van der Waals surface area (Å²) in [5, 5.41) is 6.54. The minimum absolute atomic E-state index is 0.00633. The van der Waals surface area contributed by atoms with Gasteiger partial charge in [0.2, 0.25) is 5.91 Å². The Kier molecular flexibility index (Phi) is 8.02. The van der Waals surface area contributed by atoms with Crippen molar-refractivity contribution in [2.24, 2.45) is 10.9 Å². The van der Waals surface area contributed by atoms with Crippen LogP contribution in [0.1, 0.15) is 26.2 Å². The highest BCUT2D eigenvalue weighted by Gasteiger charge is 2.21. The summed E-state index contributed by atoms with van der Waals surface area (Å²) < 4.78 is 5.29. The Morgan fingerprint density at radius 3 is 2.70 bits per heavy atom. The smallest absolute Gasteiger partial charge is 0.243 e. The second-order valence-electron chi connectivity index (χ2n) is 5.25. The largest absolute Gasteiger partial charge is 0.382 e. The third-order valence-electron chi connectivity index (χ3n) is 3.09. The van der Waals surface area contributed by atoms with Gasteiger partial charge in [0, 0.05) is 40.4 Å². The summed E-state index contributed by atoms with van der Waals surface area (Å²) in [6.45, 7) is 5.40. The Bertz CT molecular complexity index is 314. The fourth-order valence-electron chi connectivity index (χ4n) is 1.55. The molecule has 0 atom stereocenters. The maximum Gasteiger partial charge on any atom is 0.243 e. The first-order valence-electron chi connectivity index (χ1n) is 7.43. The van der Waals surface area contributed by atoms with Crippen LogP contribution in [0, 0.1) is 5.92 Å². The number of aliphatic imine (C=N–C) groups is 1. The van der Waals surface area contributed by atoms with E-state index in [0.717, 1.165) is 44.6 Å². The van der Waals surface area contributed by atoms with Gasteiger partial charge in [-0.05, 0) is 32.1 Å². The van der Waals surface area contributed by atoms with Gasteiger partial charge in [0.15, 0.2) is 5.96 Å². The Morgan fingerprint density at radius 2 is 2.10 bits per heavy atom. The zero-order valence-corrected chi connectivity index (χ0v) is 12.9. The van der Waals surface area contributed by atoms with Crippen LogP contribution in [-0.2, 0) is 9.53 Å². The highest BCUT2D eigenvalue weighted by Crippen LogP contribution is 2.27. The van der Waals surface area contributed by atoms with Gasteiger partial charge in [-0.2, -0.15) is 0 Å². The van der Waals surface area contributed by atoms with E-state index in [9.17, 15) is 4.79 Å². The number of guanidine groups is 1. The second kappa shape index (κ2) is 9.58. The zero-order chi connectivity index (χ0) is 14.8. The average Bonchev–Trinajstić information content (AvgIpc) is 3.24. The van der Waals surface area contributed by atoms with Crippen LogP contribution < -0.4 is 10.6 Å². The summed E-state index contributed by atoms with van der Waals surface area (Å²) in [5.74, 6) is 1.51. The van der Waals surface area contributed by atoms with Gasteiger partial charge in [0.25, 0.3) is 0 Å². The van der Waals surface area contributed by atoms with Gasteiger partial charge >= 0.3 is 0 Å². The number of nitrogens with one attached hydrogen (secondary N) is 2. The van der Waals surface area contributed by atoms with Crippen LogP contribution in [0.2, 0.25) is 0 Å². The Hall–Kier alpha value is -1.30. The van der Waals surface area contributed by atoms with Crippen molar-refractivity contribution in [2.45, 2.75) is 26.2 Å². The molecule has 1 aliphatic carbocycles. The lowest BCUT2D eigenvalue weighted by atomic mass is 10.4. The Morgan fingerprint density at radius 1 is 1.35 bits per heavy atom. The molecule has 2 N–H and O–H groups in total. The molecule has 0 heterocycles. The summed E-state index contributed by atoms with van der Waals surface area (Å²) in [5.41, 5.74) is 0. The molecule has 0 aliphatic heterocycles. The first kappa shape index (κ1) is 16.8. The van der Waals surface area contributed by atoms with Crippen LogP contribution in [0.4, 0.5) is 0 Å². The summed E-state index contributed by atoms with van der Waals surface area (Å²) >= 11 is 0. The molecule has 1 rings (SSSR count). The zero-order valence-electron chi connectivity index (χ0n) is 12.9. The lowest BCUT2D eigenvalue weighted by Crippen LogP contribution is -2.40. The molecule has 1 saturated carbocycles. The molecule has 116 valence electrons. The molecule has 0 spiro atoms. The maximum atomic E-state index is 11.6. The first-order chi connectivity index (χ1) is 9.63. The van der Waals surface area contributed by atoms with E-state index in [2.05, 4.69) is 15.6 Å². The minimum Gasteiger partial charge on any atom is -0.382 e. The Labute approximate surface area is 122 Å². The predicted molar refractivity (Wildman–Crippen MR) is 80.8 cm³/mol. The Balaban J connectivity index is 2.29. The molecule has 0 aromatic rings. The van der Waals surface area contributed by atoms with Gasteiger partial charge in [-0.1, -0.05) is 0 Å². The van der Waals surface area contributed by atoms with E-state index in [1.165, 1.54) is 12.8 Å². The van der Waals surface area contributed by atoms with Crippen molar-refractivity contribution in [3.05, 3.63) is 0 Å². The number of amides is 1. The van der Waals surface area contributed by atoms with Crippen molar-refractivity contribution in [1.82, 2.24) is 15.5 Å². The third-order valence-corrected chi connectivity index (χ3v) is 3.09. The number of carbonyl (C=O) groups excluding carboxylic acids is 1. The van der Waals surface area contributed by atoms with Gasteiger partial charge in [-0.25, -0.2) is 4.99 Å². The molecule has 1 amide bonds. The maximum absolute atomic E-state index is 11.6. The van der Waals surface area contributed by atoms with Gasteiger partial charge in [-0.3, -0.25) is 4.79 Å². The minimum atomic E-state index is 0.00633. The van der Waals surface area contributed by atoms with Gasteiger partial charge in [0.05, 0.1) is 0 Å². The molecule has 1 fully saturated rings. The fourth-order valence-corrected chi connectivity index (χ4v) is 1.55. The van der Waals surface area contributed by atoms with Crippen LogP contribution in [0.5, 0.6) is 0 Å². The van der Waals surface area contributed by atoms with Crippen LogP contribution in [-0.4, -0.2) is 63.7 Å². The van der Waals surface area contributed by atoms with E-state index in [1.807, 2.05) is 6.92 Å². The summed E-state index contributed by atoms with van der Waals surface area (Å²) in [4.78, 5) is 17.4. The van der Waals surface area contributed by atoms with E-state index in [4.69, 9.17) is 4.74 Å². The second-order valence-corrected chi connectivity index (χ2v) is 5.25. The van der Waals surface area contributed by atoms with E-state index in [0.29, 0.717) is 0 Å². The van der Waals surface area contributed by atoms with E-state index in [1.54, 1.807) is 19.0 Å². The van der Waals surface area contributed by atoms with Crippen molar-refractivity contribution >= 4 is 11.9 Å². The molecule has 0 aromatic carbocycles. The highest BCUT2D eigenvalue weighted by atomic mass is 16.5. The monoisotopic (exact) mass is 284 g/mol. The summed E-state index contributed by atoms with van der Waals surface area (Å²) in [6, 6.07) is 0. The van der Waals surface area contributed by atoms with Gasteiger partial charge in [-0.15, -0.1) is 0 Å². The number of nitrogens with zero attached hydrogens (tertiary/aromatic N) is 2. The van der Waals surface area contributed by atoms with E-state index >= 15 is 0 Å². The van der Waals surface area contributed by atoms with Crippen molar-refractivity contribution in [1.29, 1.82) is 0 Å². The molecule has 0 saturated heterocycles. The molecule has 0 aromatic heterocycles. The van der Waals surface area contributed by atoms with Gasteiger partial charge in [0.1, 0.15) is 6.54 Å².